The molecule has 2 N–H and O–H groups in total. The molecule has 0 saturated carbocycles. The molecule has 1 saturated heterocycles. The van der Waals surface area contributed by atoms with Crippen molar-refractivity contribution >= 4 is 16.8 Å². The number of nitrogens with zero attached hydrogens (tertiary/aromatic N) is 2. The number of benzene rings is 2. The Hall–Kier alpha value is -3.03. The Morgan fingerprint density at radius 3 is 2.78 bits per heavy atom. The summed E-state index contributed by atoms with van der Waals surface area (Å²) in [5.41, 5.74) is 2.94. The van der Waals surface area contributed by atoms with Crippen LogP contribution in [0.15, 0.2) is 48.5 Å². The summed E-state index contributed by atoms with van der Waals surface area (Å²) in [5, 5.41) is 10.8. The molecule has 32 heavy (non-hydrogen) atoms. The fourth-order valence-electron chi connectivity index (χ4n) is 5.33. The van der Waals surface area contributed by atoms with Gasteiger partial charge in [-0.2, -0.15) is 0 Å². The number of hydrogen-bond donors (Lipinski definition) is 2. The monoisotopic (exact) mass is 435 g/mol. The molecule has 2 aliphatic rings. The number of aromatic amines is 1. The van der Waals surface area contributed by atoms with Gasteiger partial charge in [-0.3, -0.25) is 9.69 Å². The minimum absolute atomic E-state index is 0.214. The number of aromatic nitrogens is 1. The predicted molar refractivity (Wildman–Crippen MR) is 122 cm³/mol. The number of likely N-dealkylation sites (tertiary alicyclic amines) is 1. The number of fused-ring (bicyclic) bond motifs is 4. The number of methoxy groups -OCH3 is 1. The number of amides is 1. The maximum Gasteiger partial charge on any atom is 0.249 e. The van der Waals surface area contributed by atoms with E-state index in [0.29, 0.717) is 19.7 Å². The lowest BCUT2D eigenvalue weighted by Gasteiger charge is -2.44. The number of aliphatic hydroxyl groups is 1. The number of ether oxygens (including phenoxy) is 2. The van der Waals surface area contributed by atoms with Crippen LogP contribution in [0.3, 0.4) is 0 Å². The number of rotatable bonds is 6. The zero-order valence-corrected chi connectivity index (χ0v) is 18.3. The molecule has 1 amide bonds. The molecule has 3 aromatic rings. The van der Waals surface area contributed by atoms with Gasteiger partial charge in [0.25, 0.3) is 0 Å². The smallest absolute Gasteiger partial charge is 0.249 e. The summed E-state index contributed by atoms with van der Waals surface area (Å²) in [7, 11) is 1.68. The zero-order valence-electron chi connectivity index (χ0n) is 18.3. The second kappa shape index (κ2) is 8.48. The molecule has 1 unspecified atom stereocenters. The highest BCUT2D eigenvalue weighted by Gasteiger charge is 2.50. The minimum atomic E-state index is -0.470. The van der Waals surface area contributed by atoms with Crippen LogP contribution in [0.2, 0.25) is 0 Å². The van der Waals surface area contributed by atoms with Crippen LogP contribution in [-0.4, -0.2) is 72.3 Å². The maximum atomic E-state index is 12.8. The normalized spacial score (nSPS) is 20.6. The Bertz CT molecular complexity index is 1110. The van der Waals surface area contributed by atoms with E-state index in [2.05, 4.69) is 16.0 Å². The molecule has 0 bridgehead atoms. The Balaban J connectivity index is 1.43. The van der Waals surface area contributed by atoms with Crippen LogP contribution in [0.1, 0.15) is 17.7 Å². The summed E-state index contributed by atoms with van der Waals surface area (Å²) in [6.45, 7) is 3.08. The van der Waals surface area contributed by atoms with Gasteiger partial charge in [-0.25, -0.2) is 0 Å². The van der Waals surface area contributed by atoms with E-state index in [1.54, 1.807) is 7.11 Å². The standard InChI is InChI=1S/C25H29N3O4/c1-31-19-7-8-22-21(15-19)20-9-11-28(23(30)16-29)25(24(20)26-22)10-12-27(17-25)13-14-32-18-5-3-2-4-6-18/h2-8,15,26,29H,9-14,16-17H2,1H3. The summed E-state index contributed by atoms with van der Waals surface area (Å²) < 4.78 is 11.3. The van der Waals surface area contributed by atoms with Crippen molar-refractivity contribution in [2.45, 2.75) is 18.4 Å². The third-order valence-corrected chi connectivity index (χ3v) is 6.86. The zero-order chi connectivity index (χ0) is 22.1. The molecule has 5 rings (SSSR count). The van der Waals surface area contributed by atoms with Gasteiger partial charge in [0.1, 0.15) is 24.7 Å². The van der Waals surface area contributed by atoms with Crippen molar-refractivity contribution in [1.82, 2.24) is 14.8 Å². The fraction of sp³-hybridized carbons (Fsp3) is 0.400. The Morgan fingerprint density at radius 2 is 2.00 bits per heavy atom. The van der Waals surface area contributed by atoms with E-state index in [4.69, 9.17) is 9.47 Å². The molecule has 168 valence electrons. The van der Waals surface area contributed by atoms with Crippen LogP contribution in [0.25, 0.3) is 10.9 Å². The third kappa shape index (κ3) is 3.51. The topological polar surface area (TPSA) is 78.0 Å². The first-order valence-electron chi connectivity index (χ1n) is 11.2. The second-order valence-electron chi connectivity index (χ2n) is 8.56. The highest BCUT2D eigenvalue weighted by Crippen LogP contribution is 2.45. The maximum absolute atomic E-state index is 12.8. The van der Waals surface area contributed by atoms with Gasteiger partial charge < -0.3 is 24.5 Å². The van der Waals surface area contributed by atoms with Crippen LogP contribution in [-0.2, 0) is 16.8 Å². The fourth-order valence-corrected chi connectivity index (χ4v) is 5.33. The number of H-pyrrole nitrogens is 1. The average molecular weight is 436 g/mol. The molecule has 0 aliphatic carbocycles. The van der Waals surface area contributed by atoms with Crippen molar-refractivity contribution in [2.75, 3.05) is 46.5 Å². The Labute approximate surface area is 187 Å². The lowest BCUT2D eigenvalue weighted by molar-refractivity contribution is -0.141. The van der Waals surface area contributed by atoms with Crippen molar-refractivity contribution in [3.63, 3.8) is 0 Å². The number of nitrogens with one attached hydrogen (secondary N) is 1. The van der Waals surface area contributed by atoms with E-state index in [0.717, 1.165) is 54.0 Å². The molecule has 1 spiro atoms. The van der Waals surface area contributed by atoms with E-state index >= 15 is 0 Å². The molecule has 2 aliphatic heterocycles. The van der Waals surface area contributed by atoms with E-state index < -0.39 is 12.1 Å². The van der Waals surface area contributed by atoms with Crippen LogP contribution < -0.4 is 9.47 Å². The second-order valence-corrected chi connectivity index (χ2v) is 8.56. The highest BCUT2D eigenvalue weighted by atomic mass is 16.5. The van der Waals surface area contributed by atoms with E-state index in [1.807, 2.05) is 47.4 Å². The molecule has 1 atom stereocenters. The Morgan fingerprint density at radius 1 is 1.16 bits per heavy atom. The summed E-state index contributed by atoms with van der Waals surface area (Å²) in [4.78, 5) is 20.6. The third-order valence-electron chi connectivity index (χ3n) is 6.86. The number of carbonyl (C=O) groups excluding carboxylic acids is 1. The van der Waals surface area contributed by atoms with Gasteiger partial charge in [0.2, 0.25) is 5.91 Å². The first kappa shape index (κ1) is 20.8. The van der Waals surface area contributed by atoms with Crippen LogP contribution in [0.5, 0.6) is 11.5 Å². The molecule has 7 nitrogen and oxygen atoms in total. The first-order chi connectivity index (χ1) is 15.6. The molecule has 0 radical (unpaired) electrons. The Kier molecular flexibility index (Phi) is 5.53. The molecule has 2 aromatic carbocycles. The first-order valence-corrected chi connectivity index (χ1v) is 11.2. The lowest BCUT2D eigenvalue weighted by atomic mass is 9.83. The van der Waals surface area contributed by atoms with E-state index in [1.165, 1.54) is 5.56 Å². The van der Waals surface area contributed by atoms with Crippen LogP contribution >= 0.6 is 0 Å². The predicted octanol–water partition coefficient (Wildman–Crippen LogP) is 2.53. The van der Waals surface area contributed by atoms with Crippen molar-refractivity contribution in [3.8, 4) is 11.5 Å². The molecule has 1 fully saturated rings. The molecular weight excluding hydrogens is 406 g/mol. The molecular formula is C25H29N3O4. The number of aliphatic hydroxyl groups excluding tert-OH is 1. The molecule has 3 heterocycles. The van der Waals surface area contributed by atoms with Gasteiger partial charge in [0, 0.05) is 42.8 Å². The van der Waals surface area contributed by atoms with E-state index in [-0.39, 0.29) is 5.91 Å². The van der Waals surface area contributed by atoms with Crippen molar-refractivity contribution in [2.24, 2.45) is 0 Å². The summed E-state index contributed by atoms with van der Waals surface area (Å²) >= 11 is 0. The van der Waals surface area contributed by atoms with Gasteiger partial charge in [-0.15, -0.1) is 0 Å². The summed E-state index contributed by atoms with van der Waals surface area (Å²) in [5.74, 6) is 1.48. The van der Waals surface area contributed by atoms with Crippen molar-refractivity contribution < 1.29 is 19.4 Å². The van der Waals surface area contributed by atoms with E-state index in [9.17, 15) is 9.90 Å². The number of hydrogen-bond acceptors (Lipinski definition) is 5. The number of carbonyl (C=O) groups is 1. The van der Waals surface area contributed by atoms with Crippen molar-refractivity contribution in [3.05, 3.63) is 59.8 Å². The minimum Gasteiger partial charge on any atom is -0.497 e. The number of para-hydroxylation sites is 1. The highest BCUT2D eigenvalue weighted by molar-refractivity contribution is 5.88. The lowest BCUT2D eigenvalue weighted by Crippen LogP contribution is -2.55. The average Bonchev–Trinajstić information content (AvgIpc) is 3.42. The van der Waals surface area contributed by atoms with Gasteiger partial charge >= 0.3 is 0 Å². The van der Waals surface area contributed by atoms with Gasteiger partial charge in [0.05, 0.1) is 12.6 Å². The quantitative estimate of drug-likeness (QED) is 0.622. The van der Waals surface area contributed by atoms with Crippen LogP contribution in [0.4, 0.5) is 0 Å². The molecule has 1 aromatic heterocycles. The van der Waals surface area contributed by atoms with Gasteiger partial charge in [-0.1, -0.05) is 18.2 Å². The van der Waals surface area contributed by atoms with Crippen LogP contribution in [0, 0.1) is 0 Å². The SMILES string of the molecule is COc1ccc2[nH]c3c(c2c1)CCN(C(=O)CO)C31CCN(CCOc2ccccc2)C1. The summed E-state index contributed by atoms with van der Waals surface area (Å²) in [6, 6.07) is 15.9. The van der Waals surface area contributed by atoms with Gasteiger partial charge in [0.15, 0.2) is 0 Å². The summed E-state index contributed by atoms with van der Waals surface area (Å²) in [6.07, 6.45) is 1.58. The van der Waals surface area contributed by atoms with Gasteiger partial charge in [-0.05, 0) is 48.7 Å². The molecule has 7 heteroatoms. The largest absolute Gasteiger partial charge is 0.497 e. The van der Waals surface area contributed by atoms with Crippen molar-refractivity contribution in [1.29, 1.82) is 0 Å².